The Balaban J connectivity index is 2.68. The SMILES string of the molecule is CCC1C=CC=CC1C(C)C/C(C)=C(C)/C=C\CN. The lowest BCUT2D eigenvalue weighted by Gasteiger charge is -2.29. The highest BCUT2D eigenvalue weighted by atomic mass is 14.5. The van der Waals surface area contributed by atoms with Crippen molar-refractivity contribution >= 4 is 0 Å². The summed E-state index contributed by atoms with van der Waals surface area (Å²) in [5.74, 6) is 2.07. The van der Waals surface area contributed by atoms with Gasteiger partial charge < -0.3 is 5.73 Å². The van der Waals surface area contributed by atoms with Gasteiger partial charge >= 0.3 is 0 Å². The molecular formula is C18H29N. The van der Waals surface area contributed by atoms with E-state index in [4.69, 9.17) is 5.73 Å². The lowest BCUT2D eigenvalue weighted by Crippen LogP contribution is -2.20. The average Bonchev–Trinajstić information content (AvgIpc) is 2.44. The molecule has 1 nitrogen and oxygen atoms in total. The smallest absolute Gasteiger partial charge is 0.0110 e. The summed E-state index contributed by atoms with van der Waals surface area (Å²) in [6, 6.07) is 0. The van der Waals surface area contributed by atoms with Gasteiger partial charge in [-0.2, -0.15) is 0 Å². The Morgan fingerprint density at radius 2 is 1.95 bits per heavy atom. The zero-order chi connectivity index (χ0) is 14.3. The molecule has 19 heavy (non-hydrogen) atoms. The Labute approximate surface area is 119 Å². The van der Waals surface area contributed by atoms with Gasteiger partial charge in [0, 0.05) is 6.54 Å². The van der Waals surface area contributed by atoms with Crippen LogP contribution in [0.25, 0.3) is 0 Å². The summed E-state index contributed by atoms with van der Waals surface area (Å²) in [7, 11) is 0. The third-order valence-corrected chi connectivity index (χ3v) is 4.23. The summed E-state index contributed by atoms with van der Waals surface area (Å²) >= 11 is 0. The van der Waals surface area contributed by atoms with Crippen LogP contribution in [0.3, 0.4) is 0 Å². The topological polar surface area (TPSA) is 26.0 Å². The zero-order valence-corrected chi connectivity index (χ0v) is 12.9. The minimum Gasteiger partial charge on any atom is -0.327 e. The fraction of sp³-hybridized carbons (Fsp3) is 0.556. The maximum absolute atomic E-state index is 5.51. The summed E-state index contributed by atoms with van der Waals surface area (Å²) in [6.45, 7) is 9.71. The van der Waals surface area contributed by atoms with Crippen molar-refractivity contribution in [3.8, 4) is 0 Å². The second-order valence-electron chi connectivity index (χ2n) is 5.70. The Morgan fingerprint density at radius 1 is 1.26 bits per heavy atom. The normalized spacial score (nSPS) is 25.7. The van der Waals surface area contributed by atoms with E-state index in [0.29, 0.717) is 24.3 Å². The van der Waals surface area contributed by atoms with Crippen molar-refractivity contribution in [3.05, 3.63) is 47.6 Å². The van der Waals surface area contributed by atoms with Gasteiger partial charge in [-0.05, 0) is 44.4 Å². The van der Waals surface area contributed by atoms with E-state index in [-0.39, 0.29) is 0 Å². The highest BCUT2D eigenvalue weighted by Gasteiger charge is 2.23. The molecule has 0 heterocycles. The van der Waals surface area contributed by atoms with Crippen LogP contribution in [0.4, 0.5) is 0 Å². The van der Waals surface area contributed by atoms with Crippen LogP contribution in [0.15, 0.2) is 47.6 Å². The summed E-state index contributed by atoms with van der Waals surface area (Å²) < 4.78 is 0. The van der Waals surface area contributed by atoms with E-state index in [2.05, 4.69) is 58.1 Å². The number of allylic oxidation sites excluding steroid dienone is 7. The molecule has 1 aliphatic rings. The molecule has 0 aromatic rings. The van der Waals surface area contributed by atoms with Gasteiger partial charge in [0.05, 0.1) is 0 Å². The first-order valence-electron chi connectivity index (χ1n) is 7.48. The van der Waals surface area contributed by atoms with Crippen molar-refractivity contribution in [2.24, 2.45) is 23.5 Å². The van der Waals surface area contributed by atoms with Gasteiger partial charge in [0.15, 0.2) is 0 Å². The van der Waals surface area contributed by atoms with Crippen LogP contribution in [0.1, 0.15) is 40.5 Å². The van der Waals surface area contributed by atoms with Crippen molar-refractivity contribution in [2.75, 3.05) is 6.54 Å². The Hall–Kier alpha value is -1.08. The van der Waals surface area contributed by atoms with Gasteiger partial charge in [-0.1, -0.05) is 61.4 Å². The second-order valence-corrected chi connectivity index (χ2v) is 5.70. The molecule has 1 aliphatic carbocycles. The minimum absolute atomic E-state index is 0.619. The molecule has 0 aliphatic heterocycles. The molecule has 1 rings (SSSR count). The molecule has 106 valence electrons. The Morgan fingerprint density at radius 3 is 2.58 bits per heavy atom. The van der Waals surface area contributed by atoms with Crippen LogP contribution in [0.5, 0.6) is 0 Å². The van der Waals surface area contributed by atoms with Crippen LogP contribution in [-0.4, -0.2) is 6.54 Å². The number of rotatable bonds is 6. The fourth-order valence-corrected chi connectivity index (χ4v) is 2.86. The van der Waals surface area contributed by atoms with E-state index in [9.17, 15) is 0 Å². The largest absolute Gasteiger partial charge is 0.327 e. The summed E-state index contributed by atoms with van der Waals surface area (Å²) in [5.41, 5.74) is 8.35. The fourth-order valence-electron chi connectivity index (χ4n) is 2.86. The molecule has 3 unspecified atom stereocenters. The lowest BCUT2D eigenvalue weighted by molar-refractivity contribution is 0.329. The molecule has 2 N–H and O–H groups in total. The molecular weight excluding hydrogens is 230 g/mol. The molecule has 3 atom stereocenters. The van der Waals surface area contributed by atoms with E-state index in [1.165, 1.54) is 24.0 Å². The number of hydrogen-bond donors (Lipinski definition) is 1. The third kappa shape index (κ3) is 4.83. The van der Waals surface area contributed by atoms with E-state index in [1.54, 1.807) is 0 Å². The molecule has 0 bridgehead atoms. The predicted octanol–water partition coefficient (Wildman–Crippen LogP) is 4.63. The first kappa shape index (κ1) is 16.0. The molecule has 0 aromatic carbocycles. The Bertz CT molecular complexity index is 384. The second kappa shape index (κ2) is 8.16. The van der Waals surface area contributed by atoms with Crippen LogP contribution < -0.4 is 5.73 Å². The summed E-state index contributed by atoms with van der Waals surface area (Å²) in [4.78, 5) is 0. The quantitative estimate of drug-likeness (QED) is 0.691. The van der Waals surface area contributed by atoms with Gasteiger partial charge in [0.1, 0.15) is 0 Å². The van der Waals surface area contributed by atoms with E-state index >= 15 is 0 Å². The number of nitrogens with two attached hydrogens (primary N) is 1. The van der Waals surface area contributed by atoms with Gasteiger partial charge in [0.25, 0.3) is 0 Å². The van der Waals surface area contributed by atoms with E-state index in [1.807, 2.05) is 6.08 Å². The summed E-state index contributed by atoms with van der Waals surface area (Å²) in [6.07, 6.45) is 15.7. The third-order valence-electron chi connectivity index (χ3n) is 4.23. The van der Waals surface area contributed by atoms with E-state index in [0.717, 1.165) is 0 Å². The van der Waals surface area contributed by atoms with Crippen LogP contribution in [0, 0.1) is 17.8 Å². The molecule has 0 radical (unpaired) electrons. The van der Waals surface area contributed by atoms with Gasteiger partial charge in [0.2, 0.25) is 0 Å². The maximum Gasteiger partial charge on any atom is 0.0110 e. The van der Waals surface area contributed by atoms with Crippen LogP contribution in [-0.2, 0) is 0 Å². The molecule has 0 saturated heterocycles. The summed E-state index contributed by atoms with van der Waals surface area (Å²) in [5, 5.41) is 0. The van der Waals surface area contributed by atoms with Gasteiger partial charge in [-0.15, -0.1) is 0 Å². The molecule has 1 heteroatoms. The van der Waals surface area contributed by atoms with Gasteiger partial charge in [-0.3, -0.25) is 0 Å². The first-order valence-corrected chi connectivity index (χ1v) is 7.48. The van der Waals surface area contributed by atoms with Crippen molar-refractivity contribution in [3.63, 3.8) is 0 Å². The zero-order valence-electron chi connectivity index (χ0n) is 12.9. The van der Waals surface area contributed by atoms with Crippen molar-refractivity contribution in [1.82, 2.24) is 0 Å². The van der Waals surface area contributed by atoms with Crippen LogP contribution >= 0.6 is 0 Å². The van der Waals surface area contributed by atoms with Crippen molar-refractivity contribution in [2.45, 2.75) is 40.5 Å². The van der Waals surface area contributed by atoms with Crippen LogP contribution in [0.2, 0.25) is 0 Å². The molecule has 0 spiro atoms. The van der Waals surface area contributed by atoms with E-state index < -0.39 is 0 Å². The maximum atomic E-state index is 5.51. The molecule has 0 amide bonds. The van der Waals surface area contributed by atoms with Crippen molar-refractivity contribution < 1.29 is 0 Å². The first-order chi connectivity index (χ1) is 9.10. The van der Waals surface area contributed by atoms with Gasteiger partial charge in [-0.25, -0.2) is 0 Å². The molecule has 0 aromatic heterocycles. The average molecular weight is 259 g/mol. The minimum atomic E-state index is 0.619. The number of hydrogen-bond acceptors (Lipinski definition) is 1. The Kier molecular flexibility index (Phi) is 6.86. The standard InChI is InChI=1S/C18H29N/c1-5-17-10-6-7-11-18(17)16(4)13-15(3)14(2)9-8-12-19/h6-11,16-18H,5,12-13,19H2,1-4H3/b9-8-,15-14+. The predicted molar refractivity (Wildman–Crippen MR) is 85.9 cm³/mol. The molecule has 0 saturated carbocycles. The monoisotopic (exact) mass is 259 g/mol. The lowest BCUT2D eigenvalue weighted by atomic mass is 9.76. The highest BCUT2D eigenvalue weighted by Crippen LogP contribution is 2.33. The molecule has 0 fully saturated rings. The highest BCUT2D eigenvalue weighted by molar-refractivity contribution is 5.23. The van der Waals surface area contributed by atoms with Crippen molar-refractivity contribution in [1.29, 1.82) is 0 Å².